The summed E-state index contributed by atoms with van der Waals surface area (Å²) in [5.74, 6) is 0.270. The number of Topliss-reactive ketones (excluding diaryl/α,β-unsaturated/α-hetero) is 1. The summed E-state index contributed by atoms with van der Waals surface area (Å²) >= 11 is 0. The normalized spacial score (nSPS) is 12.2. The van der Waals surface area contributed by atoms with Crippen LogP contribution in [0.4, 0.5) is 0 Å². The number of aliphatic imine (C=N–C) groups is 1. The molecule has 0 aliphatic rings. The number of hydrogen-bond acceptors (Lipinski definition) is 3. The lowest BCUT2D eigenvalue weighted by molar-refractivity contribution is -0.117. The fourth-order valence-corrected chi connectivity index (χ4v) is 0.907. The zero-order valence-corrected chi connectivity index (χ0v) is 9.13. The van der Waals surface area contributed by atoms with E-state index >= 15 is 0 Å². The number of nitrogens with zero attached hydrogens (tertiary/aromatic N) is 2. The molecule has 0 N–H and O–H groups in total. The highest BCUT2D eigenvalue weighted by Gasteiger charge is 1.99. The fraction of sp³-hybridized carbons (Fsp3) is 0.800. The molecule has 0 radical (unpaired) electrons. The maximum atomic E-state index is 11.0. The van der Waals surface area contributed by atoms with E-state index in [9.17, 15) is 4.79 Å². The Bertz CT molecular complexity index is 185. The quantitative estimate of drug-likeness (QED) is 0.584. The first-order valence-corrected chi connectivity index (χ1v) is 4.72. The minimum absolute atomic E-state index is 0.270. The zero-order valence-electron chi connectivity index (χ0n) is 9.13. The highest BCUT2D eigenvalue weighted by Crippen LogP contribution is 1.92. The number of carbonyl (C=O) groups excluding carboxylic acids is 1. The second-order valence-corrected chi connectivity index (χ2v) is 3.49. The molecule has 0 aromatic carbocycles. The third-order valence-electron chi connectivity index (χ3n) is 1.78. The molecule has 0 atom stereocenters. The van der Waals surface area contributed by atoms with Gasteiger partial charge in [0.25, 0.3) is 0 Å². The summed E-state index contributed by atoms with van der Waals surface area (Å²) in [7, 11) is 4.03. The van der Waals surface area contributed by atoms with E-state index in [0.29, 0.717) is 12.8 Å². The Kier molecular flexibility index (Phi) is 6.41. The number of likely N-dealkylation sites (N-methyl/N-ethyl adjacent to an activating group) is 1. The van der Waals surface area contributed by atoms with Crippen molar-refractivity contribution in [3.05, 3.63) is 0 Å². The van der Waals surface area contributed by atoms with Crippen LogP contribution in [0, 0.1) is 0 Å². The third-order valence-corrected chi connectivity index (χ3v) is 1.78. The molecule has 0 saturated heterocycles. The van der Waals surface area contributed by atoms with Crippen molar-refractivity contribution in [1.82, 2.24) is 4.90 Å². The Morgan fingerprint density at radius 3 is 2.46 bits per heavy atom. The van der Waals surface area contributed by atoms with Crippen molar-refractivity contribution in [2.45, 2.75) is 26.7 Å². The van der Waals surface area contributed by atoms with Crippen LogP contribution >= 0.6 is 0 Å². The van der Waals surface area contributed by atoms with Gasteiger partial charge in [-0.1, -0.05) is 6.92 Å². The monoisotopic (exact) mass is 184 g/mol. The third kappa shape index (κ3) is 7.65. The molecule has 0 fully saturated rings. The average molecular weight is 184 g/mol. The second kappa shape index (κ2) is 6.78. The van der Waals surface area contributed by atoms with Crippen molar-refractivity contribution in [2.24, 2.45) is 4.99 Å². The molecular weight excluding hydrogens is 164 g/mol. The van der Waals surface area contributed by atoms with Gasteiger partial charge in [0, 0.05) is 25.1 Å². The fourth-order valence-electron chi connectivity index (χ4n) is 0.907. The summed E-state index contributed by atoms with van der Waals surface area (Å²) in [4.78, 5) is 17.4. The molecule has 0 spiro atoms. The summed E-state index contributed by atoms with van der Waals surface area (Å²) in [5, 5.41) is 0. The van der Waals surface area contributed by atoms with Crippen molar-refractivity contribution >= 4 is 11.5 Å². The van der Waals surface area contributed by atoms with Gasteiger partial charge >= 0.3 is 0 Å². The van der Waals surface area contributed by atoms with Crippen LogP contribution in [0.1, 0.15) is 26.7 Å². The van der Waals surface area contributed by atoms with Crippen LogP contribution in [0.15, 0.2) is 4.99 Å². The maximum Gasteiger partial charge on any atom is 0.138 e. The summed E-state index contributed by atoms with van der Waals surface area (Å²) < 4.78 is 0. The average Bonchev–Trinajstić information content (AvgIpc) is 2.03. The van der Waals surface area contributed by atoms with Gasteiger partial charge < -0.3 is 4.90 Å². The SMILES string of the molecule is CCC(=O)CC(C)=NCCN(C)C. The molecule has 0 aliphatic heterocycles. The highest BCUT2D eigenvalue weighted by atomic mass is 16.1. The minimum atomic E-state index is 0.270. The van der Waals surface area contributed by atoms with Gasteiger partial charge in [-0.25, -0.2) is 0 Å². The molecule has 0 rings (SSSR count). The minimum Gasteiger partial charge on any atom is -0.308 e. The standard InChI is InChI=1S/C10H20N2O/c1-5-10(13)8-9(2)11-6-7-12(3)4/h5-8H2,1-4H3. The first kappa shape index (κ1) is 12.3. The summed E-state index contributed by atoms with van der Waals surface area (Å²) in [5.41, 5.74) is 0.952. The smallest absolute Gasteiger partial charge is 0.138 e. The van der Waals surface area contributed by atoms with Gasteiger partial charge in [0.15, 0.2) is 0 Å². The van der Waals surface area contributed by atoms with Crippen molar-refractivity contribution < 1.29 is 4.79 Å². The van der Waals surface area contributed by atoms with E-state index in [2.05, 4.69) is 9.89 Å². The van der Waals surface area contributed by atoms with E-state index in [1.165, 1.54) is 0 Å². The van der Waals surface area contributed by atoms with Crippen LogP contribution in [-0.4, -0.2) is 43.6 Å². The van der Waals surface area contributed by atoms with Gasteiger partial charge in [-0.15, -0.1) is 0 Å². The number of ketones is 1. The van der Waals surface area contributed by atoms with Gasteiger partial charge in [0.2, 0.25) is 0 Å². The summed E-state index contributed by atoms with van der Waals surface area (Å²) in [6.07, 6.45) is 1.13. The molecule has 3 nitrogen and oxygen atoms in total. The molecule has 0 saturated carbocycles. The lowest BCUT2D eigenvalue weighted by atomic mass is 10.2. The van der Waals surface area contributed by atoms with Gasteiger partial charge in [-0.2, -0.15) is 0 Å². The molecule has 0 unspecified atom stereocenters. The van der Waals surface area contributed by atoms with Gasteiger partial charge in [-0.05, 0) is 21.0 Å². The molecule has 0 aromatic rings. The van der Waals surface area contributed by atoms with E-state index in [-0.39, 0.29) is 5.78 Å². The van der Waals surface area contributed by atoms with Crippen LogP contribution in [0.25, 0.3) is 0 Å². The lowest BCUT2D eigenvalue weighted by Crippen LogP contribution is -2.16. The Morgan fingerprint density at radius 2 is 2.00 bits per heavy atom. The molecular formula is C10H20N2O. The first-order chi connectivity index (χ1) is 6.06. The second-order valence-electron chi connectivity index (χ2n) is 3.49. The number of hydrogen-bond donors (Lipinski definition) is 0. The Balaban J connectivity index is 3.69. The highest BCUT2D eigenvalue weighted by molar-refractivity contribution is 6.00. The van der Waals surface area contributed by atoms with Crippen molar-refractivity contribution in [3.8, 4) is 0 Å². The largest absolute Gasteiger partial charge is 0.308 e. The molecule has 3 heteroatoms. The molecule has 0 heterocycles. The van der Waals surface area contributed by atoms with Crippen LogP contribution in [0.2, 0.25) is 0 Å². The zero-order chi connectivity index (χ0) is 10.3. The van der Waals surface area contributed by atoms with Crippen LogP contribution in [0.5, 0.6) is 0 Å². The lowest BCUT2D eigenvalue weighted by Gasteiger charge is -2.06. The molecule has 0 amide bonds. The van der Waals surface area contributed by atoms with E-state index in [1.807, 2.05) is 27.9 Å². The van der Waals surface area contributed by atoms with E-state index in [1.54, 1.807) is 0 Å². The molecule has 76 valence electrons. The molecule has 0 aliphatic carbocycles. The number of carbonyl (C=O) groups is 1. The van der Waals surface area contributed by atoms with Crippen molar-refractivity contribution in [3.63, 3.8) is 0 Å². The Morgan fingerprint density at radius 1 is 1.38 bits per heavy atom. The Hall–Kier alpha value is -0.700. The van der Waals surface area contributed by atoms with Gasteiger partial charge in [-0.3, -0.25) is 9.79 Å². The molecule has 13 heavy (non-hydrogen) atoms. The number of rotatable bonds is 6. The predicted molar refractivity (Wildman–Crippen MR) is 56.4 cm³/mol. The summed E-state index contributed by atoms with van der Waals surface area (Å²) in [6, 6.07) is 0. The maximum absolute atomic E-state index is 11.0. The summed E-state index contributed by atoms with van der Waals surface area (Å²) in [6.45, 7) is 5.53. The van der Waals surface area contributed by atoms with Crippen LogP contribution in [0.3, 0.4) is 0 Å². The first-order valence-electron chi connectivity index (χ1n) is 4.72. The Labute approximate surface area is 80.8 Å². The van der Waals surface area contributed by atoms with Gasteiger partial charge in [0.1, 0.15) is 5.78 Å². The molecule has 0 aromatic heterocycles. The topological polar surface area (TPSA) is 32.7 Å². The van der Waals surface area contributed by atoms with Crippen LogP contribution in [-0.2, 0) is 4.79 Å². The van der Waals surface area contributed by atoms with E-state index < -0.39 is 0 Å². The van der Waals surface area contributed by atoms with Gasteiger partial charge in [0.05, 0.1) is 6.54 Å². The predicted octanol–water partition coefficient (Wildman–Crippen LogP) is 1.38. The van der Waals surface area contributed by atoms with Crippen molar-refractivity contribution in [2.75, 3.05) is 27.2 Å². The van der Waals surface area contributed by atoms with Crippen LogP contribution < -0.4 is 0 Å². The van der Waals surface area contributed by atoms with E-state index in [4.69, 9.17) is 0 Å². The van der Waals surface area contributed by atoms with Crippen molar-refractivity contribution in [1.29, 1.82) is 0 Å². The van der Waals surface area contributed by atoms with E-state index in [0.717, 1.165) is 18.8 Å². The molecule has 0 bridgehead atoms.